The lowest BCUT2D eigenvalue weighted by molar-refractivity contribution is -0.141. The third kappa shape index (κ3) is 2.75. The molecule has 4 atom stereocenters. The highest BCUT2D eigenvalue weighted by atomic mass is 16.5. The van der Waals surface area contributed by atoms with E-state index < -0.39 is 34.7 Å². The molecule has 1 aromatic carbocycles. The number of nitrogens with zero attached hydrogens (tertiary/aromatic N) is 3. The van der Waals surface area contributed by atoms with Crippen LogP contribution in [-0.4, -0.2) is 30.6 Å². The first-order valence-electron chi connectivity index (χ1n) is 11.7. The summed E-state index contributed by atoms with van der Waals surface area (Å²) in [5.74, 6) is -0.694. The number of benzene rings is 1. The van der Waals surface area contributed by atoms with Gasteiger partial charge in [-0.05, 0) is 54.3 Å². The quantitative estimate of drug-likeness (QED) is 0.630. The number of ketones is 2. The summed E-state index contributed by atoms with van der Waals surface area (Å²) in [6, 6.07) is 4.34. The van der Waals surface area contributed by atoms with E-state index in [4.69, 9.17) is 4.74 Å². The largest absolute Gasteiger partial charge is 0.508 e. The SMILES string of the molecule is CC1=CC(=O)[C@@H]2C[C@@H]3C(=CCn4c(=O)n(C)c(=O)n43)[C@H](C3=COc4ccc(O)cc4C3)[C@]2(C)C1=O. The van der Waals surface area contributed by atoms with Gasteiger partial charge in [0.05, 0.1) is 24.3 Å². The Bertz CT molecular complexity index is 1550. The Balaban J connectivity index is 1.56. The summed E-state index contributed by atoms with van der Waals surface area (Å²) in [5.41, 5.74) is 0.894. The van der Waals surface area contributed by atoms with Gasteiger partial charge in [-0.3, -0.25) is 9.59 Å². The molecule has 180 valence electrons. The second kappa shape index (κ2) is 7.07. The zero-order chi connectivity index (χ0) is 24.8. The number of allylic oxidation sites excluding steroid dienone is 5. The maximum Gasteiger partial charge on any atom is 0.347 e. The van der Waals surface area contributed by atoms with Crippen molar-refractivity contribution in [2.45, 2.75) is 39.3 Å². The Morgan fingerprint density at radius 2 is 1.91 bits per heavy atom. The van der Waals surface area contributed by atoms with Crippen molar-refractivity contribution < 1.29 is 19.4 Å². The van der Waals surface area contributed by atoms with Crippen LogP contribution in [0.1, 0.15) is 31.9 Å². The Labute approximate surface area is 200 Å². The van der Waals surface area contributed by atoms with Crippen LogP contribution in [0.4, 0.5) is 0 Å². The zero-order valence-corrected chi connectivity index (χ0v) is 19.6. The molecule has 1 fully saturated rings. The van der Waals surface area contributed by atoms with Gasteiger partial charge in [0.15, 0.2) is 11.6 Å². The Kier molecular flexibility index (Phi) is 4.37. The summed E-state index contributed by atoms with van der Waals surface area (Å²) < 4.78 is 9.82. The van der Waals surface area contributed by atoms with Crippen molar-refractivity contribution in [3.8, 4) is 11.5 Å². The number of aromatic hydroxyl groups is 1. The predicted octanol–water partition coefficient (Wildman–Crippen LogP) is 1.79. The molecule has 0 spiro atoms. The number of aromatic nitrogens is 3. The second-order valence-electron chi connectivity index (χ2n) is 10.1. The van der Waals surface area contributed by atoms with E-state index in [2.05, 4.69) is 0 Å². The number of phenols is 1. The van der Waals surface area contributed by atoms with Crippen LogP contribution in [0, 0.1) is 17.3 Å². The molecule has 2 aliphatic carbocycles. The van der Waals surface area contributed by atoms with Crippen LogP contribution >= 0.6 is 0 Å². The minimum absolute atomic E-state index is 0.0996. The summed E-state index contributed by atoms with van der Waals surface area (Å²) in [4.78, 5) is 52.8. The van der Waals surface area contributed by atoms with E-state index >= 15 is 0 Å². The monoisotopic (exact) mass is 475 g/mol. The van der Waals surface area contributed by atoms with Crippen LogP contribution in [-0.2, 0) is 29.6 Å². The number of Topliss-reactive ketones (excluding diaryl/α,β-unsaturated/α-hetero) is 1. The molecule has 1 aromatic heterocycles. The number of hydrogen-bond acceptors (Lipinski definition) is 6. The van der Waals surface area contributed by atoms with Gasteiger partial charge in [0.1, 0.15) is 11.5 Å². The fourth-order valence-electron chi connectivity index (χ4n) is 6.60. The minimum Gasteiger partial charge on any atom is -0.508 e. The topological polar surface area (TPSA) is 113 Å². The molecule has 0 radical (unpaired) electrons. The van der Waals surface area contributed by atoms with Crippen molar-refractivity contribution in [2.24, 2.45) is 24.3 Å². The van der Waals surface area contributed by atoms with Crippen molar-refractivity contribution in [1.82, 2.24) is 13.9 Å². The number of hydrogen-bond donors (Lipinski definition) is 1. The number of carbonyl (C=O) groups is 2. The number of ether oxygens (including phenoxy) is 1. The average molecular weight is 476 g/mol. The van der Waals surface area contributed by atoms with Gasteiger partial charge in [0.25, 0.3) is 0 Å². The van der Waals surface area contributed by atoms with Crippen LogP contribution < -0.4 is 16.1 Å². The maximum absolute atomic E-state index is 13.7. The first kappa shape index (κ1) is 21.6. The normalized spacial score (nSPS) is 29.1. The van der Waals surface area contributed by atoms with E-state index in [-0.39, 0.29) is 30.3 Å². The van der Waals surface area contributed by atoms with Crippen LogP contribution in [0.2, 0.25) is 0 Å². The summed E-state index contributed by atoms with van der Waals surface area (Å²) in [7, 11) is 1.44. The molecular formula is C26H25N3O6. The van der Waals surface area contributed by atoms with Gasteiger partial charge in [-0.2, -0.15) is 0 Å². The van der Waals surface area contributed by atoms with Crippen molar-refractivity contribution in [3.05, 3.63) is 79.9 Å². The molecule has 0 saturated heterocycles. The third-order valence-electron chi connectivity index (χ3n) is 8.24. The van der Waals surface area contributed by atoms with Crippen molar-refractivity contribution in [3.63, 3.8) is 0 Å². The lowest BCUT2D eigenvalue weighted by Gasteiger charge is -2.53. The maximum atomic E-state index is 13.7. The lowest BCUT2D eigenvalue weighted by Crippen LogP contribution is -2.56. The average Bonchev–Trinajstić information content (AvgIpc) is 3.05. The van der Waals surface area contributed by atoms with Gasteiger partial charge in [0.2, 0.25) is 0 Å². The van der Waals surface area contributed by atoms with E-state index in [1.807, 2.05) is 13.0 Å². The molecule has 0 unspecified atom stereocenters. The van der Waals surface area contributed by atoms with Crippen LogP contribution in [0.15, 0.2) is 62.9 Å². The highest BCUT2D eigenvalue weighted by molar-refractivity contribution is 6.13. The Morgan fingerprint density at radius 1 is 1.14 bits per heavy atom. The molecule has 2 aliphatic heterocycles. The second-order valence-corrected chi connectivity index (χ2v) is 10.1. The van der Waals surface area contributed by atoms with Crippen LogP contribution in [0.3, 0.4) is 0 Å². The molecule has 0 bridgehead atoms. The summed E-state index contributed by atoms with van der Waals surface area (Å²) in [6.07, 6.45) is 5.63. The minimum atomic E-state index is -1.07. The van der Waals surface area contributed by atoms with Gasteiger partial charge >= 0.3 is 11.4 Å². The van der Waals surface area contributed by atoms with Crippen molar-refractivity contribution in [2.75, 3.05) is 0 Å². The first-order chi connectivity index (χ1) is 16.6. The van der Waals surface area contributed by atoms with Gasteiger partial charge < -0.3 is 9.84 Å². The predicted molar refractivity (Wildman–Crippen MR) is 125 cm³/mol. The van der Waals surface area contributed by atoms with Gasteiger partial charge in [-0.1, -0.05) is 13.0 Å². The Morgan fingerprint density at radius 3 is 2.69 bits per heavy atom. The van der Waals surface area contributed by atoms with E-state index in [0.717, 1.165) is 21.3 Å². The fraction of sp³-hybridized carbons (Fsp3) is 0.385. The third-order valence-corrected chi connectivity index (χ3v) is 8.24. The fourth-order valence-corrected chi connectivity index (χ4v) is 6.60. The number of rotatable bonds is 1. The molecular weight excluding hydrogens is 450 g/mol. The number of phenolic OH excluding ortho intramolecular Hbond substituents is 1. The smallest absolute Gasteiger partial charge is 0.347 e. The first-order valence-corrected chi connectivity index (χ1v) is 11.7. The van der Waals surface area contributed by atoms with Crippen molar-refractivity contribution >= 4 is 11.6 Å². The molecule has 1 saturated carbocycles. The summed E-state index contributed by atoms with van der Waals surface area (Å²) in [6.45, 7) is 3.70. The van der Waals surface area contributed by atoms with Gasteiger partial charge in [-0.15, -0.1) is 0 Å². The molecule has 2 aromatic rings. The van der Waals surface area contributed by atoms with E-state index in [1.165, 1.54) is 22.5 Å². The van der Waals surface area contributed by atoms with E-state index in [9.17, 15) is 24.3 Å². The van der Waals surface area contributed by atoms with E-state index in [1.54, 1.807) is 31.4 Å². The zero-order valence-electron chi connectivity index (χ0n) is 19.6. The standard InChI is InChI=1S/C26H25N3O6/c1-13-8-20(31)18-11-19-17(6-7-28-24(33)27(3)25(34)29(19)28)22(26(18,2)23(13)32)15-9-14-10-16(30)4-5-21(14)35-12-15/h4-6,8,10,12,18-19,22,30H,7,9,11H2,1-3H3/t18-,19+,22-,26+/m0/s1. The summed E-state index contributed by atoms with van der Waals surface area (Å²) in [5, 5.41) is 10.0. The van der Waals surface area contributed by atoms with Gasteiger partial charge in [-0.25, -0.2) is 23.5 Å². The molecule has 1 N–H and O–H groups in total. The van der Waals surface area contributed by atoms with E-state index in [0.29, 0.717) is 17.7 Å². The molecule has 9 nitrogen and oxygen atoms in total. The molecule has 9 heteroatoms. The molecule has 4 aliphatic rings. The molecule has 35 heavy (non-hydrogen) atoms. The lowest BCUT2D eigenvalue weighted by atomic mass is 9.50. The highest BCUT2D eigenvalue weighted by Gasteiger charge is 2.60. The summed E-state index contributed by atoms with van der Waals surface area (Å²) >= 11 is 0. The van der Waals surface area contributed by atoms with Crippen LogP contribution in [0.5, 0.6) is 11.5 Å². The van der Waals surface area contributed by atoms with Crippen LogP contribution in [0.25, 0.3) is 0 Å². The molecule has 0 amide bonds. The molecule has 3 heterocycles. The Hall–Kier alpha value is -3.88. The van der Waals surface area contributed by atoms with Gasteiger partial charge in [0, 0.05) is 30.9 Å². The molecule has 6 rings (SSSR count). The number of carbonyl (C=O) groups excluding carboxylic acids is 2. The number of fused-ring (bicyclic) bond motifs is 5. The highest BCUT2D eigenvalue weighted by Crippen LogP contribution is 2.58. The van der Waals surface area contributed by atoms with Crippen molar-refractivity contribution in [1.29, 1.82) is 0 Å².